The Labute approximate surface area is 205 Å². The van der Waals surface area contributed by atoms with Gasteiger partial charge in [0.25, 0.3) is 0 Å². The predicted octanol–water partition coefficient (Wildman–Crippen LogP) is 2.39. The summed E-state index contributed by atoms with van der Waals surface area (Å²) < 4.78 is 5.14. The van der Waals surface area contributed by atoms with Gasteiger partial charge in [0.15, 0.2) is 0 Å². The summed E-state index contributed by atoms with van der Waals surface area (Å²) in [4.78, 5) is 33.9. The van der Waals surface area contributed by atoms with E-state index in [2.05, 4.69) is 49.7 Å². The minimum Gasteiger partial charge on any atom is -0.497 e. The van der Waals surface area contributed by atoms with Gasteiger partial charge in [-0.1, -0.05) is 36.4 Å². The lowest BCUT2D eigenvalue weighted by atomic mass is 10.1. The van der Waals surface area contributed by atoms with Crippen LogP contribution in [0.2, 0.25) is 0 Å². The number of aromatic nitrogens is 1. The van der Waals surface area contributed by atoms with Crippen LogP contribution in [0.25, 0.3) is 0 Å². The van der Waals surface area contributed by atoms with Crippen LogP contribution in [-0.4, -0.2) is 61.5 Å². The first-order valence-electron chi connectivity index (χ1n) is 11.8. The Morgan fingerprint density at radius 2 is 1.63 bits per heavy atom. The first-order chi connectivity index (χ1) is 17.1. The first-order valence-corrected chi connectivity index (χ1v) is 11.8. The number of anilines is 1. The first kappa shape index (κ1) is 24.2. The van der Waals surface area contributed by atoms with Crippen LogP contribution in [0.3, 0.4) is 0 Å². The van der Waals surface area contributed by atoms with Crippen molar-refractivity contribution < 1.29 is 14.3 Å². The smallest absolute Gasteiger partial charge is 0.309 e. The molecule has 0 bridgehead atoms. The van der Waals surface area contributed by atoms with Gasteiger partial charge in [-0.3, -0.25) is 19.5 Å². The van der Waals surface area contributed by atoms with E-state index >= 15 is 0 Å². The summed E-state index contributed by atoms with van der Waals surface area (Å²) in [6, 6.07) is 21.5. The molecule has 4 rings (SSSR count). The van der Waals surface area contributed by atoms with Crippen LogP contribution in [0.15, 0.2) is 79.1 Å². The van der Waals surface area contributed by atoms with E-state index < -0.39 is 11.8 Å². The van der Waals surface area contributed by atoms with E-state index in [0.717, 1.165) is 43.1 Å². The van der Waals surface area contributed by atoms with Gasteiger partial charge in [-0.25, -0.2) is 0 Å². The van der Waals surface area contributed by atoms with Crippen LogP contribution in [-0.2, 0) is 16.1 Å². The van der Waals surface area contributed by atoms with Crippen LogP contribution in [0.1, 0.15) is 17.2 Å². The van der Waals surface area contributed by atoms with E-state index in [9.17, 15) is 9.59 Å². The molecular weight excluding hydrogens is 442 g/mol. The predicted molar refractivity (Wildman–Crippen MR) is 135 cm³/mol. The molecule has 2 N–H and O–H groups in total. The van der Waals surface area contributed by atoms with Crippen molar-refractivity contribution in [3.8, 4) is 5.75 Å². The number of hydrogen-bond donors (Lipinski definition) is 2. The van der Waals surface area contributed by atoms with Gasteiger partial charge in [0.1, 0.15) is 5.75 Å². The monoisotopic (exact) mass is 473 g/mol. The van der Waals surface area contributed by atoms with Crippen molar-refractivity contribution >= 4 is 17.5 Å². The number of nitrogens with zero attached hydrogens (tertiary/aromatic N) is 3. The molecule has 1 fully saturated rings. The van der Waals surface area contributed by atoms with Crippen molar-refractivity contribution in [2.45, 2.75) is 12.6 Å². The normalized spacial score (nSPS) is 14.7. The van der Waals surface area contributed by atoms with E-state index in [0.29, 0.717) is 6.54 Å². The fourth-order valence-electron chi connectivity index (χ4n) is 4.24. The van der Waals surface area contributed by atoms with Crippen molar-refractivity contribution in [3.63, 3.8) is 0 Å². The summed E-state index contributed by atoms with van der Waals surface area (Å²) in [5, 5.41) is 5.50. The van der Waals surface area contributed by atoms with Crippen molar-refractivity contribution in [2.75, 3.05) is 44.7 Å². The molecule has 0 aliphatic carbocycles. The zero-order valence-corrected chi connectivity index (χ0v) is 19.9. The van der Waals surface area contributed by atoms with Gasteiger partial charge in [-0.05, 0) is 41.5 Å². The molecule has 8 nitrogen and oxygen atoms in total. The molecule has 8 heteroatoms. The third kappa shape index (κ3) is 6.58. The van der Waals surface area contributed by atoms with Gasteiger partial charge in [-0.15, -0.1) is 0 Å². The van der Waals surface area contributed by atoms with Crippen molar-refractivity contribution in [3.05, 3.63) is 90.3 Å². The minimum absolute atomic E-state index is 0.0695. The molecule has 1 saturated heterocycles. The topological polar surface area (TPSA) is 86.8 Å². The van der Waals surface area contributed by atoms with Crippen LogP contribution < -0.4 is 20.3 Å². The number of nitrogens with one attached hydrogen (secondary N) is 2. The Morgan fingerprint density at radius 3 is 2.29 bits per heavy atom. The molecule has 2 aromatic carbocycles. The molecule has 0 saturated carbocycles. The third-order valence-corrected chi connectivity index (χ3v) is 6.22. The quantitative estimate of drug-likeness (QED) is 0.489. The van der Waals surface area contributed by atoms with Crippen molar-refractivity contribution in [1.82, 2.24) is 20.5 Å². The second-order valence-electron chi connectivity index (χ2n) is 8.40. The Morgan fingerprint density at radius 1 is 0.914 bits per heavy atom. The maximum atomic E-state index is 12.5. The highest BCUT2D eigenvalue weighted by Crippen LogP contribution is 2.23. The average Bonchev–Trinajstić information content (AvgIpc) is 2.93. The molecule has 1 aromatic heterocycles. The molecule has 0 unspecified atom stereocenters. The zero-order chi connectivity index (χ0) is 24.5. The number of rotatable bonds is 8. The molecule has 2 amide bonds. The molecule has 0 spiro atoms. The van der Waals surface area contributed by atoms with Crippen LogP contribution in [0.4, 0.5) is 5.69 Å². The fraction of sp³-hybridized carbons (Fsp3) is 0.296. The highest BCUT2D eigenvalue weighted by Gasteiger charge is 2.26. The molecule has 2 heterocycles. The molecule has 1 aliphatic rings. The summed E-state index contributed by atoms with van der Waals surface area (Å²) in [5.74, 6) is -0.557. The highest BCUT2D eigenvalue weighted by atomic mass is 16.5. The second kappa shape index (κ2) is 12.0. The molecule has 3 aromatic rings. The number of ether oxygens (including phenoxy) is 1. The number of carbonyl (C=O) groups excluding carboxylic acids is 2. The molecule has 1 aliphatic heterocycles. The van der Waals surface area contributed by atoms with E-state index in [1.807, 2.05) is 48.7 Å². The van der Waals surface area contributed by atoms with E-state index in [-0.39, 0.29) is 12.6 Å². The SMILES string of the molecule is COc1ccc(CNC(=O)C(=O)NC[C@H](c2cccnc2)N2CCN(c3ccccc3)CC2)cc1. The Kier molecular flexibility index (Phi) is 8.30. The molecule has 1 atom stereocenters. The van der Waals surface area contributed by atoms with Crippen LogP contribution in [0.5, 0.6) is 5.75 Å². The number of methoxy groups -OCH3 is 1. The number of carbonyl (C=O) groups is 2. The number of pyridine rings is 1. The largest absolute Gasteiger partial charge is 0.497 e. The number of para-hydroxylation sites is 1. The standard InChI is InChI=1S/C27H31N5O3/c1-35-24-11-9-21(10-12-24)18-29-26(33)27(34)30-20-25(22-6-5-13-28-19-22)32-16-14-31(15-17-32)23-7-3-2-4-8-23/h2-13,19,25H,14-18,20H2,1H3,(H,29,33)(H,30,34)/t25-/m1/s1. The third-order valence-electron chi connectivity index (χ3n) is 6.22. The Bertz CT molecular complexity index is 1080. The van der Waals surface area contributed by atoms with Crippen molar-refractivity contribution in [2.24, 2.45) is 0 Å². The maximum absolute atomic E-state index is 12.5. The summed E-state index contributed by atoms with van der Waals surface area (Å²) >= 11 is 0. The lowest BCUT2D eigenvalue weighted by Gasteiger charge is -2.40. The van der Waals surface area contributed by atoms with Crippen LogP contribution in [0, 0.1) is 0 Å². The minimum atomic E-state index is -0.653. The maximum Gasteiger partial charge on any atom is 0.309 e. The van der Waals surface area contributed by atoms with Gasteiger partial charge in [0.05, 0.1) is 13.2 Å². The van der Waals surface area contributed by atoms with Crippen LogP contribution >= 0.6 is 0 Å². The van der Waals surface area contributed by atoms with Gasteiger partial charge in [-0.2, -0.15) is 0 Å². The second-order valence-corrected chi connectivity index (χ2v) is 8.40. The summed E-state index contributed by atoms with van der Waals surface area (Å²) in [7, 11) is 1.60. The fourth-order valence-corrected chi connectivity index (χ4v) is 4.24. The van der Waals surface area contributed by atoms with Crippen molar-refractivity contribution in [1.29, 1.82) is 0 Å². The number of hydrogen-bond acceptors (Lipinski definition) is 6. The van der Waals surface area contributed by atoms with E-state index in [1.165, 1.54) is 5.69 Å². The van der Waals surface area contributed by atoms with Gasteiger partial charge in [0.2, 0.25) is 0 Å². The van der Waals surface area contributed by atoms with Gasteiger partial charge < -0.3 is 20.3 Å². The summed E-state index contributed by atoms with van der Waals surface area (Å²) in [5.41, 5.74) is 3.11. The lowest BCUT2D eigenvalue weighted by molar-refractivity contribution is -0.139. The molecule has 0 radical (unpaired) electrons. The molecular formula is C27H31N5O3. The average molecular weight is 474 g/mol. The summed E-state index contributed by atoms with van der Waals surface area (Å²) in [6.07, 6.45) is 3.56. The number of amides is 2. The molecule has 182 valence electrons. The Hall–Kier alpha value is -3.91. The molecule has 35 heavy (non-hydrogen) atoms. The zero-order valence-electron chi connectivity index (χ0n) is 19.9. The number of piperazine rings is 1. The highest BCUT2D eigenvalue weighted by molar-refractivity contribution is 6.35. The van der Waals surface area contributed by atoms with E-state index in [4.69, 9.17) is 4.74 Å². The van der Waals surface area contributed by atoms with E-state index in [1.54, 1.807) is 13.3 Å². The number of benzene rings is 2. The Balaban J connectivity index is 1.33. The lowest BCUT2D eigenvalue weighted by Crippen LogP contribution is -2.50. The van der Waals surface area contributed by atoms with Gasteiger partial charge in [0, 0.05) is 57.3 Å². The summed E-state index contributed by atoms with van der Waals surface area (Å²) in [6.45, 7) is 4.05. The van der Waals surface area contributed by atoms with Gasteiger partial charge >= 0.3 is 11.8 Å².